The lowest BCUT2D eigenvalue weighted by molar-refractivity contribution is 0.278. The van der Waals surface area contributed by atoms with Crippen molar-refractivity contribution in [2.75, 3.05) is 13.2 Å². The standard InChI is InChI=1S/C14H18N2O3/c1-2-11-4-3-5-12(10-11)18-9-7-14-16-15-13(19-14)6-8-17/h3-5,10,17H,2,6-9H2,1H3. The van der Waals surface area contributed by atoms with Crippen molar-refractivity contribution in [1.82, 2.24) is 10.2 Å². The third kappa shape index (κ3) is 4.06. The highest BCUT2D eigenvalue weighted by Crippen LogP contribution is 2.14. The predicted octanol–water partition coefficient (Wildman–Crippen LogP) is 1.79. The highest BCUT2D eigenvalue weighted by Gasteiger charge is 2.05. The van der Waals surface area contributed by atoms with Gasteiger partial charge in [0.05, 0.1) is 19.6 Å². The van der Waals surface area contributed by atoms with Crippen LogP contribution in [0.5, 0.6) is 5.75 Å². The van der Waals surface area contributed by atoms with Crippen LogP contribution in [0.3, 0.4) is 0 Å². The molecule has 0 saturated carbocycles. The number of hydrogen-bond acceptors (Lipinski definition) is 5. The van der Waals surface area contributed by atoms with Crippen LogP contribution >= 0.6 is 0 Å². The van der Waals surface area contributed by atoms with E-state index in [0.29, 0.717) is 31.2 Å². The number of benzene rings is 1. The van der Waals surface area contributed by atoms with Crippen molar-refractivity contribution >= 4 is 0 Å². The molecule has 2 rings (SSSR count). The van der Waals surface area contributed by atoms with E-state index < -0.39 is 0 Å². The average molecular weight is 262 g/mol. The Morgan fingerprint density at radius 2 is 2.00 bits per heavy atom. The van der Waals surface area contributed by atoms with Crippen molar-refractivity contribution < 1.29 is 14.3 Å². The third-order valence-corrected chi connectivity index (χ3v) is 2.73. The number of hydrogen-bond donors (Lipinski definition) is 1. The van der Waals surface area contributed by atoms with Gasteiger partial charge in [-0.2, -0.15) is 0 Å². The van der Waals surface area contributed by atoms with E-state index in [4.69, 9.17) is 14.3 Å². The van der Waals surface area contributed by atoms with E-state index in [1.807, 2.05) is 18.2 Å². The summed E-state index contributed by atoms with van der Waals surface area (Å²) >= 11 is 0. The van der Waals surface area contributed by atoms with Gasteiger partial charge in [-0.15, -0.1) is 10.2 Å². The molecule has 2 aromatic rings. The predicted molar refractivity (Wildman–Crippen MR) is 70.1 cm³/mol. The zero-order valence-electron chi connectivity index (χ0n) is 11.0. The van der Waals surface area contributed by atoms with Crippen molar-refractivity contribution in [3.05, 3.63) is 41.6 Å². The van der Waals surface area contributed by atoms with Gasteiger partial charge >= 0.3 is 0 Å². The Morgan fingerprint density at radius 1 is 1.21 bits per heavy atom. The topological polar surface area (TPSA) is 68.4 Å². The Kier molecular flexibility index (Phi) is 4.92. The molecule has 1 N–H and O–H groups in total. The summed E-state index contributed by atoms with van der Waals surface area (Å²) in [5, 5.41) is 16.5. The van der Waals surface area contributed by atoms with E-state index in [2.05, 4.69) is 23.2 Å². The highest BCUT2D eigenvalue weighted by molar-refractivity contribution is 5.28. The van der Waals surface area contributed by atoms with Crippen LogP contribution in [-0.2, 0) is 19.3 Å². The summed E-state index contributed by atoms with van der Waals surface area (Å²) in [6.07, 6.45) is 1.95. The Bertz CT molecular complexity index is 511. The van der Waals surface area contributed by atoms with E-state index in [-0.39, 0.29) is 6.61 Å². The number of aliphatic hydroxyl groups is 1. The molecule has 0 fully saturated rings. The van der Waals surface area contributed by atoms with Gasteiger partial charge in [-0.05, 0) is 24.1 Å². The molecule has 0 radical (unpaired) electrons. The van der Waals surface area contributed by atoms with Gasteiger partial charge in [-0.3, -0.25) is 0 Å². The summed E-state index contributed by atoms with van der Waals surface area (Å²) in [4.78, 5) is 0. The first-order valence-electron chi connectivity index (χ1n) is 6.45. The molecular weight excluding hydrogens is 244 g/mol. The molecule has 19 heavy (non-hydrogen) atoms. The Morgan fingerprint density at radius 3 is 2.74 bits per heavy atom. The quantitative estimate of drug-likeness (QED) is 0.824. The molecule has 0 bridgehead atoms. The average Bonchev–Trinajstić information content (AvgIpc) is 2.87. The van der Waals surface area contributed by atoms with Gasteiger partial charge in [0, 0.05) is 6.42 Å². The van der Waals surface area contributed by atoms with E-state index in [1.54, 1.807) is 0 Å². The summed E-state index contributed by atoms with van der Waals surface area (Å²) in [6, 6.07) is 8.03. The lowest BCUT2D eigenvalue weighted by atomic mass is 10.2. The number of nitrogens with zero attached hydrogens (tertiary/aromatic N) is 2. The molecule has 1 heterocycles. The van der Waals surface area contributed by atoms with Gasteiger partial charge in [0.2, 0.25) is 11.8 Å². The molecular formula is C14H18N2O3. The van der Waals surface area contributed by atoms with Gasteiger partial charge in [0.1, 0.15) is 5.75 Å². The molecule has 0 aliphatic rings. The normalized spacial score (nSPS) is 10.6. The SMILES string of the molecule is CCc1cccc(OCCc2nnc(CCO)o2)c1. The molecule has 0 aliphatic carbocycles. The van der Waals surface area contributed by atoms with Crippen molar-refractivity contribution in [3.8, 4) is 5.75 Å². The zero-order valence-corrected chi connectivity index (χ0v) is 11.0. The van der Waals surface area contributed by atoms with Gasteiger partial charge in [-0.1, -0.05) is 19.1 Å². The zero-order chi connectivity index (χ0) is 13.5. The van der Waals surface area contributed by atoms with Gasteiger partial charge in [-0.25, -0.2) is 0 Å². The van der Waals surface area contributed by atoms with Crippen molar-refractivity contribution in [1.29, 1.82) is 0 Å². The molecule has 5 nitrogen and oxygen atoms in total. The van der Waals surface area contributed by atoms with Crippen molar-refractivity contribution in [2.45, 2.75) is 26.2 Å². The van der Waals surface area contributed by atoms with Gasteiger partial charge in [0.25, 0.3) is 0 Å². The minimum absolute atomic E-state index is 0.0158. The van der Waals surface area contributed by atoms with Crippen LogP contribution in [-0.4, -0.2) is 28.5 Å². The van der Waals surface area contributed by atoms with Crippen molar-refractivity contribution in [3.63, 3.8) is 0 Å². The molecule has 0 spiro atoms. The number of rotatable bonds is 7. The van der Waals surface area contributed by atoms with Crippen LogP contribution in [0.1, 0.15) is 24.3 Å². The summed E-state index contributed by atoms with van der Waals surface area (Å²) in [7, 11) is 0. The fourth-order valence-corrected chi connectivity index (χ4v) is 1.70. The van der Waals surface area contributed by atoms with Crippen LogP contribution in [0.15, 0.2) is 28.7 Å². The Hall–Kier alpha value is -1.88. The minimum atomic E-state index is 0.0158. The highest BCUT2D eigenvalue weighted by atomic mass is 16.5. The third-order valence-electron chi connectivity index (χ3n) is 2.73. The van der Waals surface area contributed by atoms with Gasteiger partial charge < -0.3 is 14.3 Å². The van der Waals surface area contributed by atoms with Crippen LogP contribution in [0, 0.1) is 0 Å². The molecule has 0 amide bonds. The maximum absolute atomic E-state index is 8.75. The first kappa shape index (κ1) is 13.5. The number of aromatic nitrogens is 2. The van der Waals surface area contributed by atoms with E-state index in [0.717, 1.165) is 12.2 Å². The lowest BCUT2D eigenvalue weighted by Crippen LogP contribution is -2.01. The maximum atomic E-state index is 8.75. The first-order valence-corrected chi connectivity index (χ1v) is 6.45. The molecule has 0 saturated heterocycles. The second-order valence-electron chi connectivity index (χ2n) is 4.16. The molecule has 0 aliphatic heterocycles. The van der Waals surface area contributed by atoms with E-state index >= 15 is 0 Å². The fraction of sp³-hybridized carbons (Fsp3) is 0.429. The summed E-state index contributed by atoms with van der Waals surface area (Å²) in [6.45, 7) is 2.62. The number of aryl methyl sites for hydroxylation is 1. The van der Waals surface area contributed by atoms with Crippen LogP contribution in [0.2, 0.25) is 0 Å². The summed E-state index contributed by atoms with van der Waals surface area (Å²) < 4.78 is 11.0. The Balaban J connectivity index is 1.81. The summed E-state index contributed by atoms with van der Waals surface area (Å²) in [5.74, 6) is 1.86. The Labute approximate surface area is 112 Å². The smallest absolute Gasteiger partial charge is 0.219 e. The van der Waals surface area contributed by atoms with Crippen LogP contribution in [0.4, 0.5) is 0 Å². The van der Waals surface area contributed by atoms with Crippen LogP contribution in [0.25, 0.3) is 0 Å². The largest absolute Gasteiger partial charge is 0.493 e. The maximum Gasteiger partial charge on any atom is 0.219 e. The second kappa shape index (κ2) is 6.89. The summed E-state index contributed by atoms with van der Waals surface area (Å²) in [5.41, 5.74) is 1.25. The second-order valence-corrected chi connectivity index (χ2v) is 4.16. The van der Waals surface area contributed by atoms with E-state index in [1.165, 1.54) is 5.56 Å². The molecule has 1 aromatic heterocycles. The molecule has 0 unspecified atom stereocenters. The van der Waals surface area contributed by atoms with Crippen LogP contribution < -0.4 is 4.74 Å². The fourth-order valence-electron chi connectivity index (χ4n) is 1.70. The minimum Gasteiger partial charge on any atom is -0.493 e. The number of aliphatic hydroxyl groups excluding tert-OH is 1. The van der Waals surface area contributed by atoms with E-state index in [9.17, 15) is 0 Å². The molecule has 102 valence electrons. The number of ether oxygens (including phenoxy) is 1. The molecule has 5 heteroatoms. The van der Waals surface area contributed by atoms with Gasteiger partial charge in [0.15, 0.2) is 0 Å². The van der Waals surface area contributed by atoms with Crippen molar-refractivity contribution in [2.24, 2.45) is 0 Å². The molecule has 1 aromatic carbocycles. The first-order chi connectivity index (χ1) is 9.31. The molecule has 0 atom stereocenters. The monoisotopic (exact) mass is 262 g/mol. The lowest BCUT2D eigenvalue weighted by Gasteiger charge is -2.05.